The van der Waals surface area contributed by atoms with Crippen LogP contribution in [0, 0.1) is 18.7 Å². The fraction of sp³-hybridized carbons (Fsp3) is 0.500. The van der Waals surface area contributed by atoms with Crippen molar-refractivity contribution in [2.75, 3.05) is 13.1 Å². The Hall–Kier alpha value is -1.50. The van der Waals surface area contributed by atoms with Gasteiger partial charge in [-0.3, -0.25) is 0 Å². The van der Waals surface area contributed by atoms with Gasteiger partial charge in [-0.1, -0.05) is 6.07 Å². The van der Waals surface area contributed by atoms with Crippen LogP contribution < -0.4 is 4.90 Å². The van der Waals surface area contributed by atoms with Crippen LogP contribution in [0.25, 0.3) is 11.5 Å². The van der Waals surface area contributed by atoms with E-state index in [4.69, 9.17) is 16.6 Å². The molecular weight excluding hydrogens is 298 g/mol. The molecule has 1 aromatic heterocycles. The van der Waals surface area contributed by atoms with E-state index in [1.54, 1.807) is 4.68 Å². The van der Waals surface area contributed by atoms with Gasteiger partial charge in [-0.05, 0) is 49.3 Å². The summed E-state index contributed by atoms with van der Waals surface area (Å²) in [5.74, 6) is 0.574. The molecule has 0 spiro atoms. The molecule has 1 aliphatic heterocycles. The highest BCUT2D eigenvalue weighted by Crippen LogP contribution is 2.20. The number of piperidine rings is 1. The largest absolute Gasteiger partial charge is 0.409 e. The fourth-order valence-corrected chi connectivity index (χ4v) is 2.96. The van der Waals surface area contributed by atoms with E-state index in [1.807, 2.05) is 6.07 Å². The van der Waals surface area contributed by atoms with Gasteiger partial charge in [0, 0.05) is 18.4 Å². The van der Waals surface area contributed by atoms with E-state index in [9.17, 15) is 5.11 Å². The van der Waals surface area contributed by atoms with Crippen molar-refractivity contribution in [1.29, 1.82) is 0 Å². The average Bonchev–Trinajstić information content (AvgIpc) is 2.85. The predicted octanol–water partition coefficient (Wildman–Crippen LogP) is 1.49. The SMILES string of the molecule is Cc1ccc(-c2nn(C[NH+]3CCC(O)CC3)c(=S)o2)cc1C. The maximum Gasteiger partial charge on any atom is 0.292 e. The van der Waals surface area contributed by atoms with Crippen molar-refractivity contribution in [3.8, 4) is 11.5 Å². The standard InChI is InChI=1S/C16H21N3O2S/c1-11-3-4-13(9-12(11)2)15-17-19(16(22)21-15)10-18-7-5-14(20)6-8-18/h3-4,9,14,20H,5-8,10H2,1-2H3/p+1. The molecular formula is C16H22N3O2S+. The van der Waals surface area contributed by atoms with Gasteiger partial charge in [0.1, 0.15) is 0 Å². The number of rotatable bonds is 3. The minimum absolute atomic E-state index is 0.153. The first-order chi connectivity index (χ1) is 10.5. The molecule has 22 heavy (non-hydrogen) atoms. The van der Waals surface area contributed by atoms with Gasteiger partial charge in [0.25, 0.3) is 4.84 Å². The molecule has 1 aromatic carbocycles. The van der Waals surface area contributed by atoms with Crippen molar-refractivity contribution >= 4 is 12.2 Å². The smallest absolute Gasteiger partial charge is 0.292 e. The van der Waals surface area contributed by atoms with Crippen molar-refractivity contribution in [1.82, 2.24) is 9.78 Å². The topological polar surface area (TPSA) is 55.6 Å². The highest BCUT2D eigenvalue weighted by molar-refractivity contribution is 7.71. The zero-order chi connectivity index (χ0) is 15.7. The number of nitrogens with zero attached hydrogens (tertiary/aromatic N) is 2. The van der Waals surface area contributed by atoms with Crippen molar-refractivity contribution in [2.45, 2.75) is 39.5 Å². The molecule has 1 aliphatic rings. The highest BCUT2D eigenvalue weighted by Gasteiger charge is 2.21. The Morgan fingerprint density at radius 1 is 1.32 bits per heavy atom. The molecule has 5 nitrogen and oxygen atoms in total. The molecule has 0 radical (unpaired) electrons. The number of aromatic nitrogens is 2. The number of hydrogen-bond donors (Lipinski definition) is 2. The van der Waals surface area contributed by atoms with Gasteiger partial charge in [-0.15, -0.1) is 5.10 Å². The fourth-order valence-electron chi connectivity index (χ4n) is 2.78. The van der Waals surface area contributed by atoms with Crippen LogP contribution in [-0.4, -0.2) is 34.1 Å². The first-order valence-corrected chi connectivity index (χ1v) is 8.11. The molecule has 6 heteroatoms. The maximum absolute atomic E-state index is 9.57. The van der Waals surface area contributed by atoms with Crippen LogP contribution in [0.15, 0.2) is 22.6 Å². The highest BCUT2D eigenvalue weighted by atomic mass is 32.1. The van der Waals surface area contributed by atoms with Crippen LogP contribution in [0.1, 0.15) is 24.0 Å². The lowest BCUT2D eigenvalue weighted by atomic mass is 10.1. The first kappa shape index (κ1) is 15.4. The third-order valence-electron chi connectivity index (χ3n) is 4.40. The number of aliphatic hydroxyl groups excluding tert-OH is 1. The molecule has 0 unspecified atom stereocenters. The minimum atomic E-state index is -0.153. The second kappa shape index (κ2) is 6.32. The number of benzene rings is 1. The van der Waals surface area contributed by atoms with Crippen molar-refractivity contribution in [3.63, 3.8) is 0 Å². The normalized spacial score (nSPS) is 22.0. The zero-order valence-electron chi connectivity index (χ0n) is 13.0. The van der Waals surface area contributed by atoms with Crippen LogP contribution in [0.3, 0.4) is 0 Å². The van der Waals surface area contributed by atoms with Gasteiger partial charge in [-0.25, -0.2) is 0 Å². The molecule has 118 valence electrons. The van der Waals surface area contributed by atoms with E-state index in [-0.39, 0.29) is 6.10 Å². The van der Waals surface area contributed by atoms with Crippen LogP contribution in [0.5, 0.6) is 0 Å². The molecule has 1 saturated heterocycles. The summed E-state index contributed by atoms with van der Waals surface area (Å²) in [4.78, 5) is 1.79. The summed E-state index contributed by atoms with van der Waals surface area (Å²) in [6, 6.07) is 6.15. The Bertz CT molecular complexity index is 714. The number of nitrogens with one attached hydrogen (secondary N) is 1. The molecule has 0 bridgehead atoms. The molecule has 2 N–H and O–H groups in total. The Morgan fingerprint density at radius 2 is 2.05 bits per heavy atom. The Balaban J connectivity index is 1.78. The van der Waals surface area contributed by atoms with Gasteiger partial charge in [0.15, 0.2) is 6.67 Å². The van der Waals surface area contributed by atoms with Gasteiger partial charge < -0.3 is 14.4 Å². The monoisotopic (exact) mass is 320 g/mol. The van der Waals surface area contributed by atoms with Gasteiger partial charge in [0.05, 0.1) is 19.2 Å². The van der Waals surface area contributed by atoms with E-state index in [1.165, 1.54) is 16.0 Å². The van der Waals surface area contributed by atoms with Crippen molar-refractivity contribution < 1.29 is 14.4 Å². The van der Waals surface area contributed by atoms with E-state index in [0.717, 1.165) is 31.5 Å². The summed E-state index contributed by atoms with van der Waals surface area (Å²) in [5, 5.41) is 14.1. The lowest BCUT2D eigenvalue weighted by molar-refractivity contribution is -0.929. The number of quaternary nitrogens is 1. The van der Waals surface area contributed by atoms with Crippen LogP contribution in [0.2, 0.25) is 0 Å². The molecule has 0 amide bonds. The van der Waals surface area contributed by atoms with Gasteiger partial charge in [0.2, 0.25) is 5.89 Å². The summed E-state index contributed by atoms with van der Waals surface area (Å²) < 4.78 is 7.42. The third kappa shape index (κ3) is 3.29. The Morgan fingerprint density at radius 3 is 2.73 bits per heavy atom. The van der Waals surface area contributed by atoms with Crippen molar-refractivity contribution in [3.05, 3.63) is 34.2 Å². The maximum atomic E-state index is 9.57. The molecule has 2 heterocycles. The van der Waals surface area contributed by atoms with Crippen molar-refractivity contribution in [2.24, 2.45) is 0 Å². The molecule has 0 saturated carbocycles. The quantitative estimate of drug-likeness (QED) is 0.841. The summed E-state index contributed by atoms with van der Waals surface area (Å²) in [5.41, 5.74) is 3.42. The molecule has 1 fully saturated rings. The van der Waals surface area contributed by atoms with E-state index in [0.29, 0.717) is 17.4 Å². The first-order valence-electron chi connectivity index (χ1n) is 7.70. The number of aliphatic hydroxyl groups is 1. The second-order valence-electron chi connectivity index (χ2n) is 6.11. The van der Waals surface area contributed by atoms with Gasteiger partial charge >= 0.3 is 0 Å². The van der Waals surface area contributed by atoms with Crippen LogP contribution in [-0.2, 0) is 6.67 Å². The second-order valence-corrected chi connectivity index (χ2v) is 6.46. The number of hydrogen-bond acceptors (Lipinski definition) is 4. The zero-order valence-corrected chi connectivity index (χ0v) is 13.8. The summed E-state index contributed by atoms with van der Waals surface area (Å²) in [7, 11) is 0. The lowest BCUT2D eigenvalue weighted by Crippen LogP contribution is -3.12. The minimum Gasteiger partial charge on any atom is -0.409 e. The number of aryl methyl sites for hydroxylation is 2. The summed E-state index contributed by atoms with van der Waals surface area (Å²) >= 11 is 5.29. The van der Waals surface area contributed by atoms with Crippen LogP contribution >= 0.6 is 12.2 Å². The predicted molar refractivity (Wildman–Crippen MR) is 86.2 cm³/mol. The average molecular weight is 320 g/mol. The molecule has 0 aliphatic carbocycles. The summed E-state index contributed by atoms with van der Waals surface area (Å²) in [6.45, 7) is 6.73. The van der Waals surface area contributed by atoms with Crippen LogP contribution in [0.4, 0.5) is 0 Å². The molecule has 3 rings (SSSR count). The Labute approximate surface area is 135 Å². The Kier molecular flexibility index (Phi) is 4.42. The third-order valence-corrected chi connectivity index (χ3v) is 4.69. The van der Waals surface area contributed by atoms with E-state index < -0.39 is 0 Å². The van der Waals surface area contributed by atoms with E-state index in [2.05, 4.69) is 31.1 Å². The molecule has 2 aromatic rings. The summed E-state index contributed by atoms with van der Waals surface area (Å²) in [6.07, 6.45) is 1.52. The van der Waals surface area contributed by atoms with Gasteiger partial charge in [-0.2, -0.15) is 4.68 Å². The molecule has 0 atom stereocenters. The number of likely N-dealkylation sites (tertiary alicyclic amines) is 1. The lowest BCUT2D eigenvalue weighted by Gasteiger charge is -2.25. The van der Waals surface area contributed by atoms with E-state index >= 15 is 0 Å².